The molecule has 144 valence electrons. The van der Waals surface area contributed by atoms with Crippen molar-refractivity contribution in [2.45, 2.75) is 58.2 Å². The zero-order chi connectivity index (χ0) is 18.8. The topological polar surface area (TPSA) is 74.5 Å². The van der Waals surface area contributed by atoms with E-state index in [-0.39, 0.29) is 5.91 Å². The molecule has 1 aromatic carbocycles. The number of aryl methyl sites for hydroxylation is 1. The van der Waals surface area contributed by atoms with Gasteiger partial charge in [-0.3, -0.25) is 4.79 Å². The molecule has 1 N–H and O–H groups in total. The second-order valence-electron chi connectivity index (χ2n) is 7.52. The van der Waals surface area contributed by atoms with E-state index in [0.29, 0.717) is 36.8 Å². The molecule has 2 aliphatic heterocycles. The van der Waals surface area contributed by atoms with Crippen LogP contribution in [0.4, 0.5) is 11.4 Å². The van der Waals surface area contributed by atoms with Crippen LogP contribution in [0.25, 0.3) is 0 Å². The van der Waals surface area contributed by atoms with Crippen LogP contribution in [0.15, 0.2) is 28.7 Å². The number of rotatable bonds is 5. The quantitative estimate of drug-likeness (QED) is 0.873. The summed E-state index contributed by atoms with van der Waals surface area (Å²) in [7, 11) is 0. The number of benzene rings is 1. The Morgan fingerprint density at radius 1 is 1.11 bits per heavy atom. The van der Waals surface area contributed by atoms with Crippen molar-refractivity contribution in [1.29, 1.82) is 0 Å². The molecule has 1 aromatic heterocycles. The van der Waals surface area contributed by atoms with Crippen molar-refractivity contribution in [3.63, 3.8) is 0 Å². The minimum absolute atomic E-state index is 0.235. The van der Waals surface area contributed by atoms with E-state index in [0.717, 1.165) is 38.0 Å². The summed E-state index contributed by atoms with van der Waals surface area (Å²) in [6.45, 7) is 6.58. The SMILES string of the molecule is Cc1nnc(CNC2CCN(c3ccc(N4C(=O)CCC4C)cc3)CC2)o1. The van der Waals surface area contributed by atoms with Crippen LogP contribution < -0.4 is 15.1 Å². The maximum Gasteiger partial charge on any atom is 0.230 e. The maximum atomic E-state index is 12.1. The fraction of sp³-hybridized carbons (Fsp3) is 0.550. The van der Waals surface area contributed by atoms with E-state index in [9.17, 15) is 4.79 Å². The van der Waals surface area contributed by atoms with E-state index in [1.807, 2.05) is 4.90 Å². The van der Waals surface area contributed by atoms with E-state index >= 15 is 0 Å². The van der Waals surface area contributed by atoms with Crippen molar-refractivity contribution in [1.82, 2.24) is 15.5 Å². The van der Waals surface area contributed by atoms with Crippen LogP contribution in [0.2, 0.25) is 0 Å². The van der Waals surface area contributed by atoms with Crippen LogP contribution >= 0.6 is 0 Å². The van der Waals surface area contributed by atoms with Gasteiger partial charge in [-0.05, 0) is 50.5 Å². The largest absolute Gasteiger partial charge is 0.424 e. The van der Waals surface area contributed by atoms with Crippen molar-refractivity contribution in [3.05, 3.63) is 36.0 Å². The molecule has 2 aromatic rings. The number of carbonyl (C=O) groups is 1. The molecule has 3 heterocycles. The van der Waals surface area contributed by atoms with Gasteiger partial charge in [0.2, 0.25) is 17.7 Å². The normalized spacial score (nSPS) is 21.3. The van der Waals surface area contributed by atoms with E-state index in [2.05, 4.69) is 51.6 Å². The molecule has 4 rings (SSSR count). The summed E-state index contributed by atoms with van der Waals surface area (Å²) in [5, 5.41) is 11.4. The van der Waals surface area contributed by atoms with Gasteiger partial charge < -0.3 is 19.5 Å². The third-order valence-corrected chi connectivity index (χ3v) is 5.58. The Hall–Kier alpha value is -2.41. The molecule has 1 unspecified atom stereocenters. The maximum absolute atomic E-state index is 12.1. The van der Waals surface area contributed by atoms with E-state index in [4.69, 9.17) is 4.42 Å². The van der Waals surface area contributed by atoms with Gasteiger partial charge in [0.05, 0.1) is 6.54 Å². The molecule has 2 aliphatic rings. The summed E-state index contributed by atoms with van der Waals surface area (Å²) >= 11 is 0. The molecule has 2 saturated heterocycles. The van der Waals surface area contributed by atoms with Gasteiger partial charge in [0.25, 0.3) is 0 Å². The highest BCUT2D eigenvalue weighted by Gasteiger charge is 2.28. The minimum Gasteiger partial charge on any atom is -0.424 e. The number of nitrogens with one attached hydrogen (secondary N) is 1. The summed E-state index contributed by atoms with van der Waals surface area (Å²) in [4.78, 5) is 16.4. The third-order valence-electron chi connectivity index (χ3n) is 5.58. The van der Waals surface area contributed by atoms with Gasteiger partial charge in [-0.2, -0.15) is 0 Å². The van der Waals surface area contributed by atoms with Gasteiger partial charge >= 0.3 is 0 Å². The van der Waals surface area contributed by atoms with Crippen molar-refractivity contribution in [2.24, 2.45) is 0 Å². The molecule has 0 bridgehead atoms. The molecule has 2 fully saturated rings. The van der Waals surface area contributed by atoms with Crippen molar-refractivity contribution >= 4 is 17.3 Å². The number of aromatic nitrogens is 2. The first kappa shape index (κ1) is 18.0. The Morgan fingerprint density at radius 3 is 2.41 bits per heavy atom. The number of carbonyl (C=O) groups excluding carboxylic acids is 1. The predicted octanol–water partition coefficient (Wildman–Crippen LogP) is 2.65. The lowest BCUT2D eigenvalue weighted by Crippen LogP contribution is -2.42. The van der Waals surface area contributed by atoms with Crippen LogP contribution in [0.5, 0.6) is 0 Å². The van der Waals surface area contributed by atoms with Crippen molar-refractivity contribution in [2.75, 3.05) is 22.9 Å². The van der Waals surface area contributed by atoms with Gasteiger partial charge in [0.1, 0.15) is 0 Å². The summed E-state index contributed by atoms with van der Waals surface area (Å²) < 4.78 is 5.41. The van der Waals surface area contributed by atoms with Crippen LogP contribution in [-0.2, 0) is 11.3 Å². The zero-order valence-corrected chi connectivity index (χ0v) is 16.0. The Balaban J connectivity index is 1.29. The lowest BCUT2D eigenvalue weighted by atomic mass is 10.0. The van der Waals surface area contributed by atoms with Gasteiger partial charge in [-0.15, -0.1) is 10.2 Å². The highest BCUT2D eigenvalue weighted by Crippen LogP contribution is 2.29. The first-order valence-electron chi connectivity index (χ1n) is 9.79. The number of hydrogen-bond donors (Lipinski definition) is 1. The van der Waals surface area contributed by atoms with Gasteiger partial charge in [0.15, 0.2) is 0 Å². The molecule has 0 radical (unpaired) electrons. The Kier molecular flexibility index (Phi) is 5.11. The molecule has 7 nitrogen and oxygen atoms in total. The van der Waals surface area contributed by atoms with Gasteiger partial charge in [-0.25, -0.2) is 0 Å². The Morgan fingerprint density at radius 2 is 1.81 bits per heavy atom. The van der Waals surface area contributed by atoms with Crippen LogP contribution in [-0.4, -0.2) is 41.3 Å². The smallest absolute Gasteiger partial charge is 0.230 e. The summed E-state index contributed by atoms with van der Waals surface area (Å²) in [5.74, 6) is 1.49. The van der Waals surface area contributed by atoms with Gasteiger partial charge in [-0.1, -0.05) is 0 Å². The average molecular weight is 369 g/mol. The standard InChI is InChI=1S/C20H27N5O2/c1-14-3-8-20(26)25(14)18-6-4-17(5-7-18)24-11-9-16(10-12-24)21-13-19-23-22-15(2)27-19/h4-7,14,16,21H,3,8-13H2,1-2H3. The Labute approximate surface area is 159 Å². The van der Waals surface area contributed by atoms with Gasteiger partial charge in [0, 0.05) is 49.9 Å². The lowest BCUT2D eigenvalue weighted by Gasteiger charge is -2.34. The third kappa shape index (κ3) is 3.98. The molecule has 1 amide bonds. The number of anilines is 2. The average Bonchev–Trinajstić information content (AvgIpc) is 3.25. The lowest BCUT2D eigenvalue weighted by molar-refractivity contribution is -0.117. The summed E-state index contributed by atoms with van der Waals surface area (Å²) in [6.07, 6.45) is 3.77. The zero-order valence-electron chi connectivity index (χ0n) is 16.0. The fourth-order valence-corrected chi connectivity index (χ4v) is 4.03. The first-order valence-corrected chi connectivity index (χ1v) is 9.79. The molecule has 27 heavy (non-hydrogen) atoms. The predicted molar refractivity (Wildman–Crippen MR) is 104 cm³/mol. The first-order chi connectivity index (χ1) is 13.1. The second-order valence-corrected chi connectivity index (χ2v) is 7.52. The monoisotopic (exact) mass is 369 g/mol. The highest BCUT2D eigenvalue weighted by molar-refractivity contribution is 5.96. The van der Waals surface area contributed by atoms with E-state index in [1.54, 1.807) is 6.92 Å². The molecule has 0 aliphatic carbocycles. The van der Waals surface area contributed by atoms with Crippen molar-refractivity contribution < 1.29 is 9.21 Å². The number of nitrogens with zero attached hydrogens (tertiary/aromatic N) is 4. The Bertz CT molecular complexity index is 780. The highest BCUT2D eigenvalue weighted by atomic mass is 16.4. The van der Waals surface area contributed by atoms with Crippen LogP contribution in [0, 0.1) is 6.92 Å². The second kappa shape index (κ2) is 7.68. The molecular weight excluding hydrogens is 342 g/mol. The minimum atomic E-state index is 0.235. The number of piperidine rings is 1. The molecule has 1 atom stereocenters. The summed E-state index contributed by atoms with van der Waals surface area (Å²) in [6, 6.07) is 9.21. The molecule has 7 heteroatoms. The van der Waals surface area contributed by atoms with Crippen molar-refractivity contribution in [3.8, 4) is 0 Å². The molecule has 0 spiro atoms. The van der Waals surface area contributed by atoms with Crippen LogP contribution in [0.1, 0.15) is 44.4 Å². The molecular formula is C20H27N5O2. The number of amides is 1. The van der Waals surface area contributed by atoms with E-state index < -0.39 is 0 Å². The number of hydrogen-bond acceptors (Lipinski definition) is 6. The van der Waals surface area contributed by atoms with E-state index in [1.165, 1.54) is 5.69 Å². The fourth-order valence-electron chi connectivity index (χ4n) is 4.03. The van der Waals surface area contributed by atoms with Crippen LogP contribution in [0.3, 0.4) is 0 Å². The molecule has 0 saturated carbocycles. The summed E-state index contributed by atoms with van der Waals surface area (Å²) in [5.41, 5.74) is 2.24.